The Morgan fingerprint density at radius 2 is 2.00 bits per heavy atom. The summed E-state index contributed by atoms with van der Waals surface area (Å²) in [6, 6.07) is 6.78. The first-order valence-electron chi connectivity index (χ1n) is 6.76. The number of nitrogens with zero attached hydrogens (tertiary/aromatic N) is 4. The number of benzene rings is 1. The van der Waals surface area contributed by atoms with Crippen LogP contribution < -0.4 is 0 Å². The third-order valence-corrected chi connectivity index (χ3v) is 4.70. The van der Waals surface area contributed by atoms with E-state index in [-0.39, 0.29) is 11.5 Å². The van der Waals surface area contributed by atoms with Crippen LogP contribution in [0.25, 0.3) is 5.78 Å². The van der Waals surface area contributed by atoms with Crippen LogP contribution in [0.15, 0.2) is 29.4 Å². The summed E-state index contributed by atoms with van der Waals surface area (Å²) < 4.78 is 1.83. The maximum Gasteiger partial charge on any atom is 0.256 e. The maximum absolute atomic E-state index is 12.3. The zero-order valence-corrected chi connectivity index (χ0v) is 14.7. The van der Waals surface area contributed by atoms with E-state index >= 15 is 0 Å². The molecule has 0 fully saturated rings. The second kappa shape index (κ2) is 6.47. The van der Waals surface area contributed by atoms with Crippen LogP contribution in [-0.2, 0) is 0 Å². The number of halogens is 2. The highest BCUT2D eigenvalue weighted by molar-refractivity contribution is 7.99. The summed E-state index contributed by atoms with van der Waals surface area (Å²) in [4.78, 5) is 16.6. The number of Topliss-reactive ketones (excluding diaryl/α,β-unsaturated/α-hetero) is 1. The Balaban J connectivity index is 1.82. The van der Waals surface area contributed by atoms with Crippen LogP contribution in [0.3, 0.4) is 0 Å². The van der Waals surface area contributed by atoms with Gasteiger partial charge < -0.3 is 0 Å². The van der Waals surface area contributed by atoms with Gasteiger partial charge in [-0.05, 0) is 38.1 Å². The summed E-state index contributed by atoms with van der Waals surface area (Å²) in [6.45, 7) is 3.85. The molecule has 0 saturated heterocycles. The normalized spacial score (nSPS) is 11.1. The van der Waals surface area contributed by atoms with Crippen molar-refractivity contribution in [1.29, 1.82) is 0 Å². The van der Waals surface area contributed by atoms with E-state index in [1.165, 1.54) is 11.8 Å². The van der Waals surface area contributed by atoms with Gasteiger partial charge in [-0.3, -0.25) is 9.20 Å². The Labute approximate surface area is 147 Å². The van der Waals surface area contributed by atoms with E-state index in [1.807, 2.05) is 24.3 Å². The molecular weight excluding hydrogens is 355 g/mol. The molecule has 0 aliphatic rings. The largest absolute Gasteiger partial charge is 0.293 e. The van der Waals surface area contributed by atoms with Crippen LogP contribution in [-0.4, -0.2) is 31.1 Å². The van der Waals surface area contributed by atoms with Crippen LogP contribution in [0.5, 0.6) is 0 Å². The van der Waals surface area contributed by atoms with Crippen molar-refractivity contribution < 1.29 is 4.79 Å². The third kappa shape index (κ3) is 3.34. The van der Waals surface area contributed by atoms with E-state index in [0.717, 1.165) is 11.4 Å². The van der Waals surface area contributed by atoms with Gasteiger partial charge in [-0.25, -0.2) is 4.98 Å². The second-order valence-electron chi connectivity index (χ2n) is 4.99. The highest BCUT2D eigenvalue weighted by atomic mass is 35.5. The summed E-state index contributed by atoms with van der Waals surface area (Å²) in [5, 5.41) is 9.63. The SMILES string of the molecule is Cc1cc(C)n2c(SCC(=O)c3ccc(Cl)cc3Cl)nnc2n1. The Bertz CT molecular complexity index is 910. The maximum atomic E-state index is 12.3. The molecular formula is C15H12Cl2N4OS. The molecule has 118 valence electrons. The number of fused-ring (bicyclic) bond motifs is 1. The lowest BCUT2D eigenvalue weighted by Gasteiger charge is -2.05. The fourth-order valence-electron chi connectivity index (χ4n) is 2.22. The van der Waals surface area contributed by atoms with Gasteiger partial charge in [-0.1, -0.05) is 35.0 Å². The molecule has 5 nitrogen and oxygen atoms in total. The first-order valence-corrected chi connectivity index (χ1v) is 8.50. The fraction of sp³-hybridized carbons (Fsp3) is 0.200. The van der Waals surface area contributed by atoms with Crippen molar-refractivity contribution in [3.8, 4) is 0 Å². The number of aromatic nitrogens is 4. The molecule has 0 radical (unpaired) electrons. The average molecular weight is 367 g/mol. The number of hydrogen-bond acceptors (Lipinski definition) is 5. The van der Waals surface area contributed by atoms with Crippen molar-refractivity contribution >= 4 is 46.5 Å². The molecule has 3 aromatic rings. The monoisotopic (exact) mass is 366 g/mol. The van der Waals surface area contributed by atoms with Gasteiger partial charge in [0.1, 0.15) is 0 Å². The van der Waals surface area contributed by atoms with Crippen molar-refractivity contribution in [3.05, 3.63) is 51.3 Å². The summed E-state index contributed by atoms with van der Waals surface area (Å²) in [5.41, 5.74) is 2.29. The molecule has 0 aliphatic heterocycles. The van der Waals surface area contributed by atoms with Crippen molar-refractivity contribution in [1.82, 2.24) is 19.6 Å². The molecule has 1 aromatic carbocycles. The lowest BCUT2D eigenvalue weighted by molar-refractivity contribution is 0.102. The third-order valence-electron chi connectivity index (χ3n) is 3.23. The van der Waals surface area contributed by atoms with Crippen LogP contribution in [0.4, 0.5) is 0 Å². The predicted molar refractivity (Wildman–Crippen MR) is 91.8 cm³/mol. The fourth-order valence-corrected chi connectivity index (χ4v) is 3.60. The van der Waals surface area contributed by atoms with Gasteiger partial charge >= 0.3 is 0 Å². The molecule has 0 bridgehead atoms. The van der Waals surface area contributed by atoms with Gasteiger partial charge in [0.2, 0.25) is 0 Å². The van der Waals surface area contributed by atoms with Crippen molar-refractivity contribution in [2.24, 2.45) is 0 Å². The van der Waals surface area contributed by atoms with Gasteiger partial charge in [0, 0.05) is 22.0 Å². The molecule has 23 heavy (non-hydrogen) atoms. The number of ketones is 1. The summed E-state index contributed by atoms with van der Waals surface area (Å²) in [7, 11) is 0. The van der Waals surface area contributed by atoms with Gasteiger partial charge in [-0.15, -0.1) is 10.2 Å². The number of aryl methyl sites for hydroxylation is 2. The highest BCUT2D eigenvalue weighted by Crippen LogP contribution is 2.24. The van der Waals surface area contributed by atoms with Crippen molar-refractivity contribution in [3.63, 3.8) is 0 Å². The number of carbonyl (C=O) groups excluding carboxylic acids is 1. The Morgan fingerprint density at radius 1 is 1.22 bits per heavy atom. The molecule has 8 heteroatoms. The number of hydrogen-bond donors (Lipinski definition) is 0. The minimum Gasteiger partial charge on any atom is -0.293 e. The second-order valence-corrected chi connectivity index (χ2v) is 6.78. The van der Waals surface area contributed by atoms with E-state index in [9.17, 15) is 4.79 Å². The lowest BCUT2D eigenvalue weighted by atomic mass is 10.1. The van der Waals surface area contributed by atoms with Gasteiger partial charge in [0.15, 0.2) is 10.9 Å². The lowest BCUT2D eigenvalue weighted by Crippen LogP contribution is -2.05. The number of thioether (sulfide) groups is 1. The Morgan fingerprint density at radius 3 is 2.74 bits per heavy atom. The summed E-state index contributed by atoms with van der Waals surface area (Å²) in [5.74, 6) is 0.642. The van der Waals surface area contributed by atoms with Crippen molar-refractivity contribution in [2.45, 2.75) is 19.0 Å². The minimum atomic E-state index is -0.0915. The van der Waals surface area contributed by atoms with Crippen LogP contribution in [0.1, 0.15) is 21.7 Å². The van der Waals surface area contributed by atoms with Crippen LogP contribution >= 0.6 is 35.0 Å². The molecule has 0 aliphatic carbocycles. The minimum absolute atomic E-state index is 0.0915. The number of carbonyl (C=O) groups is 1. The molecule has 0 amide bonds. The number of rotatable bonds is 4. The molecule has 0 N–H and O–H groups in total. The topological polar surface area (TPSA) is 60.2 Å². The molecule has 2 heterocycles. The van der Waals surface area contributed by atoms with E-state index < -0.39 is 0 Å². The Hall–Kier alpha value is -1.63. The predicted octanol–water partition coefficient (Wildman–Crippen LogP) is 4.02. The highest BCUT2D eigenvalue weighted by Gasteiger charge is 2.15. The van der Waals surface area contributed by atoms with E-state index in [4.69, 9.17) is 23.2 Å². The van der Waals surface area contributed by atoms with Gasteiger partial charge in [0.05, 0.1) is 10.8 Å². The zero-order valence-electron chi connectivity index (χ0n) is 12.4. The standard InChI is InChI=1S/C15H12Cl2N4OS/c1-8-5-9(2)21-14(18-8)19-20-15(21)23-7-13(22)11-4-3-10(16)6-12(11)17/h3-6H,7H2,1-2H3. The molecule has 2 aromatic heterocycles. The van der Waals surface area contributed by atoms with Gasteiger partial charge in [0.25, 0.3) is 5.78 Å². The first kappa shape index (κ1) is 16.2. The molecule has 0 unspecified atom stereocenters. The smallest absolute Gasteiger partial charge is 0.256 e. The summed E-state index contributed by atoms with van der Waals surface area (Å²) >= 11 is 13.2. The van der Waals surface area contributed by atoms with Gasteiger partial charge in [-0.2, -0.15) is 0 Å². The zero-order chi connectivity index (χ0) is 16.6. The molecule has 3 rings (SSSR count). The van der Waals surface area contributed by atoms with E-state index in [2.05, 4.69) is 15.2 Å². The average Bonchev–Trinajstić information content (AvgIpc) is 2.88. The Kier molecular flexibility index (Phi) is 4.57. The van der Waals surface area contributed by atoms with Crippen molar-refractivity contribution in [2.75, 3.05) is 5.75 Å². The van der Waals surface area contributed by atoms with E-state index in [1.54, 1.807) is 18.2 Å². The quantitative estimate of drug-likeness (QED) is 0.515. The first-order chi connectivity index (χ1) is 11.0. The molecule has 0 atom stereocenters. The summed E-state index contributed by atoms with van der Waals surface area (Å²) in [6.07, 6.45) is 0. The van der Waals surface area contributed by atoms with Crippen LogP contribution in [0.2, 0.25) is 10.0 Å². The molecule has 0 saturated carbocycles. The van der Waals surface area contributed by atoms with Crippen LogP contribution in [0, 0.1) is 13.8 Å². The molecule has 0 spiro atoms. The van der Waals surface area contributed by atoms with E-state index in [0.29, 0.717) is 26.5 Å².